The Morgan fingerprint density at radius 1 is 1.06 bits per heavy atom. The summed E-state index contributed by atoms with van der Waals surface area (Å²) in [4.78, 5) is 24.5. The van der Waals surface area contributed by atoms with E-state index >= 15 is 0 Å². The zero-order chi connectivity index (χ0) is 22.4. The molecule has 4 rings (SSSR count). The van der Waals surface area contributed by atoms with Crippen LogP contribution in [0.1, 0.15) is 31.4 Å². The van der Waals surface area contributed by atoms with Gasteiger partial charge in [0.15, 0.2) is 0 Å². The summed E-state index contributed by atoms with van der Waals surface area (Å²) in [6.45, 7) is 7.43. The highest BCUT2D eigenvalue weighted by atomic mass is 16.2. The van der Waals surface area contributed by atoms with Gasteiger partial charge in [-0.1, -0.05) is 50.2 Å². The van der Waals surface area contributed by atoms with Gasteiger partial charge in [0.25, 0.3) is 0 Å². The van der Waals surface area contributed by atoms with Crippen LogP contribution in [0.3, 0.4) is 0 Å². The Hall–Kier alpha value is -3.05. The Morgan fingerprint density at radius 2 is 1.84 bits per heavy atom. The molecule has 1 fully saturated rings. The molecule has 1 unspecified atom stereocenters. The topological polar surface area (TPSA) is 58.1 Å². The third-order valence-electron chi connectivity index (χ3n) is 6.23. The number of pyridine rings is 2. The number of carbonyl (C=O) groups excluding carboxylic acids is 1. The first-order valence-electron chi connectivity index (χ1n) is 11.4. The molecule has 2 aromatic heterocycles. The summed E-state index contributed by atoms with van der Waals surface area (Å²) in [5.41, 5.74) is 4.17. The average Bonchev–Trinajstić information content (AvgIpc) is 3.22. The van der Waals surface area contributed by atoms with Gasteiger partial charge in [0, 0.05) is 50.0 Å². The van der Waals surface area contributed by atoms with Crippen LogP contribution in [-0.4, -0.2) is 40.4 Å². The zero-order valence-electron chi connectivity index (χ0n) is 19.0. The monoisotopic (exact) mass is 428 g/mol. The molecule has 1 amide bonds. The summed E-state index contributed by atoms with van der Waals surface area (Å²) in [5.74, 6) is 0.590. The molecule has 0 radical (unpaired) electrons. The second-order valence-corrected chi connectivity index (χ2v) is 9.28. The van der Waals surface area contributed by atoms with Crippen molar-refractivity contribution in [2.24, 2.45) is 11.3 Å². The molecule has 0 aliphatic carbocycles. The van der Waals surface area contributed by atoms with E-state index in [0.717, 1.165) is 37.2 Å². The van der Waals surface area contributed by atoms with E-state index in [1.165, 1.54) is 11.1 Å². The van der Waals surface area contributed by atoms with E-state index in [-0.39, 0.29) is 5.91 Å². The Balaban J connectivity index is 1.61. The maximum atomic E-state index is 13.6. The maximum Gasteiger partial charge on any atom is 0.227 e. The number of nitrogens with zero attached hydrogens (tertiary/aromatic N) is 3. The van der Waals surface area contributed by atoms with Crippen LogP contribution in [0.5, 0.6) is 0 Å². The van der Waals surface area contributed by atoms with Crippen LogP contribution in [0.15, 0.2) is 73.3 Å². The molecule has 5 nitrogen and oxygen atoms in total. The van der Waals surface area contributed by atoms with E-state index in [4.69, 9.17) is 0 Å². The lowest BCUT2D eigenvalue weighted by atomic mass is 9.78. The van der Waals surface area contributed by atoms with E-state index in [2.05, 4.69) is 70.4 Å². The number of nitrogens with one attached hydrogen (secondary N) is 1. The number of benzene rings is 1. The van der Waals surface area contributed by atoms with Crippen molar-refractivity contribution >= 4 is 5.91 Å². The third kappa shape index (κ3) is 5.22. The number of likely N-dealkylation sites (tertiary alicyclic amines) is 1. The fraction of sp³-hybridized carbons (Fsp3) is 0.370. The lowest BCUT2D eigenvalue weighted by Gasteiger charge is -2.30. The number of hydrogen-bond donors (Lipinski definition) is 1. The Bertz CT molecular complexity index is 1020. The summed E-state index contributed by atoms with van der Waals surface area (Å²) in [6, 6.07) is 16.5. The molecule has 0 spiro atoms. The van der Waals surface area contributed by atoms with Crippen LogP contribution in [0.4, 0.5) is 0 Å². The SMILES string of the molecule is CC(C)CNC(=O)C1(Cc2ccccc2-c2cccnc2)CCN(Cc2cccnc2)C1. The van der Waals surface area contributed by atoms with Gasteiger partial charge in [-0.3, -0.25) is 19.7 Å². The number of rotatable bonds is 8. The molecule has 1 saturated heterocycles. The minimum Gasteiger partial charge on any atom is -0.355 e. The molecule has 1 atom stereocenters. The largest absolute Gasteiger partial charge is 0.355 e. The lowest BCUT2D eigenvalue weighted by Crippen LogP contribution is -2.45. The predicted molar refractivity (Wildman–Crippen MR) is 128 cm³/mol. The Labute approximate surface area is 190 Å². The molecule has 3 aromatic rings. The first kappa shape index (κ1) is 22.2. The molecule has 1 N–H and O–H groups in total. The van der Waals surface area contributed by atoms with Gasteiger partial charge in [0.1, 0.15) is 0 Å². The van der Waals surface area contributed by atoms with Gasteiger partial charge in [-0.15, -0.1) is 0 Å². The smallest absolute Gasteiger partial charge is 0.227 e. The van der Waals surface area contributed by atoms with Crippen LogP contribution in [0.2, 0.25) is 0 Å². The van der Waals surface area contributed by atoms with Gasteiger partial charge in [-0.05, 0) is 54.1 Å². The minimum atomic E-state index is -0.449. The number of carbonyl (C=O) groups is 1. The van der Waals surface area contributed by atoms with Crippen molar-refractivity contribution in [3.8, 4) is 11.1 Å². The molecule has 1 aliphatic rings. The normalized spacial score (nSPS) is 18.7. The van der Waals surface area contributed by atoms with Gasteiger partial charge < -0.3 is 5.32 Å². The van der Waals surface area contributed by atoms with Crippen LogP contribution < -0.4 is 5.32 Å². The van der Waals surface area contributed by atoms with Gasteiger partial charge in [-0.25, -0.2) is 0 Å². The fourth-order valence-electron chi connectivity index (χ4n) is 4.58. The number of amides is 1. The zero-order valence-corrected chi connectivity index (χ0v) is 19.0. The Kier molecular flexibility index (Phi) is 6.96. The van der Waals surface area contributed by atoms with Crippen molar-refractivity contribution in [1.82, 2.24) is 20.2 Å². The van der Waals surface area contributed by atoms with Crippen molar-refractivity contribution in [3.63, 3.8) is 0 Å². The van der Waals surface area contributed by atoms with E-state index in [0.29, 0.717) is 18.9 Å². The average molecular weight is 429 g/mol. The molecule has 1 aromatic carbocycles. The van der Waals surface area contributed by atoms with Gasteiger partial charge >= 0.3 is 0 Å². The first-order chi connectivity index (χ1) is 15.6. The highest BCUT2D eigenvalue weighted by Gasteiger charge is 2.44. The van der Waals surface area contributed by atoms with Crippen molar-refractivity contribution in [2.45, 2.75) is 33.2 Å². The van der Waals surface area contributed by atoms with Crippen molar-refractivity contribution < 1.29 is 4.79 Å². The molecule has 0 bridgehead atoms. The van der Waals surface area contributed by atoms with E-state index < -0.39 is 5.41 Å². The number of hydrogen-bond acceptors (Lipinski definition) is 4. The second kappa shape index (κ2) is 10.0. The quantitative estimate of drug-likeness (QED) is 0.579. The molecule has 3 heterocycles. The molecular formula is C27H32N4O. The van der Waals surface area contributed by atoms with Gasteiger partial charge in [0.05, 0.1) is 5.41 Å². The van der Waals surface area contributed by atoms with Crippen molar-refractivity contribution in [3.05, 3.63) is 84.4 Å². The van der Waals surface area contributed by atoms with Gasteiger partial charge in [0.2, 0.25) is 5.91 Å². The first-order valence-corrected chi connectivity index (χ1v) is 11.4. The third-order valence-corrected chi connectivity index (χ3v) is 6.23. The number of aromatic nitrogens is 2. The molecule has 166 valence electrons. The molecule has 0 saturated carbocycles. The lowest BCUT2D eigenvalue weighted by molar-refractivity contribution is -0.130. The van der Waals surface area contributed by atoms with Crippen LogP contribution >= 0.6 is 0 Å². The summed E-state index contributed by atoms with van der Waals surface area (Å²) < 4.78 is 0. The van der Waals surface area contributed by atoms with Gasteiger partial charge in [-0.2, -0.15) is 0 Å². The second-order valence-electron chi connectivity index (χ2n) is 9.28. The summed E-state index contributed by atoms with van der Waals surface area (Å²) in [7, 11) is 0. The molecule has 1 aliphatic heterocycles. The highest BCUT2D eigenvalue weighted by molar-refractivity contribution is 5.84. The van der Waals surface area contributed by atoms with Crippen LogP contribution in [-0.2, 0) is 17.8 Å². The maximum absolute atomic E-state index is 13.6. The summed E-state index contributed by atoms with van der Waals surface area (Å²) in [5, 5.41) is 3.24. The van der Waals surface area contributed by atoms with Crippen molar-refractivity contribution in [1.29, 1.82) is 0 Å². The predicted octanol–water partition coefficient (Wildman–Crippen LogP) is 4.35. The molecular weight excluding hydrogens is 396 g/mol. The summed E-state index contributed by atoms with van der Waals surface area (Å²) >= 11 is 0. The van der Waals surface area contributed by atoms with E-state index in [1.807, 2.05) is 24.5 Å². The molecule has 5 heteroatoms. The van der Waals surface area contributed by atoms with E-state index in [9.17, 15) is 4.79 Å². The van der Waals surface area contributed by atoms with Crippen LogP contribution in [0, 0.1) is 11.3 Å². The highest BCUT2D eigenvalue weighted by Crippen LogP contribution is 2.38. The van der Waals surface area contributed by atoms with Crippen LogP contribution in [0.25, 0.3) is 11.1 Å². The van der Waals surface area contributed by atoms with E-state index in [1.54, 1.807) is 12.4 Å². The fourth-order valence-corrected chi connectivity index (χ4v) is 4.58. The standard InChI is InChI=1S/C27H32N4O/c1-21(2)16-30-26(32)27(11-14-31(20-27)19-22-7-5-12-28-17-22)15-23-8-3-4-10-25(23)24-9-6-13-29-18-24/h3-10,12-13,17-18,21H,11,14-16,19-20H2,1-2H3,(H,30,32). The molecule has 32 heavy (non-hydrogen) atoms. The van der Waals surface area contributed by atoms with Crippen molar-refractivity contribution in [2.75, 3.05) is 19.6 Å². The summed E-state index contributed by atoms with van der Waals surface area (Å²) in [6.07, 6.45) is 8.96. The Morgan fingerprint density at radius 3 is 2.56 bits per heavy atom. The minimum absolute atomic E-state index is 0.167.